The van der Waals surface area contributed by atoms with Crippen LogP contribution in [0.1, 0.15) is 53.2 Å². The first-order valence-corrected chi connectivity index (χ1v) is 11.0. The third-order valence-electron chi connectivity index (χ3n) is 6.40. The van der Waals surface area contributed by atoms with E-state index < -0.39 is 0 Å². The zero-order chi connectivity index (χ0) is 21.0. The topological polar surface area (TPSA) is 61.9 Å². The number of para-hydroxylation sites is 1. The molecule has 2 heterocycles. The van der Waals surface area contributed by atoms with Gasteiger partial charge in [0.25, 0.3) is 5.91 Å². The molecule has 1 N–H and O–H groups in total. The van der Waals surface area contributed by atoms with E-state index in [0.717, 1.165) is 42.3 Å². The summed E-state index contributed by atoms with van der Waals surface area (Å²) in [4.78, 5) is 27.4. The van der Waals surface area contributed by atoms with Gasteiger partial charge >= 0.3 is 0 Å². The van der Waals surface area contributed by atoms with Crippen molar-refractivity contribution in [3.63, 3.8) is 0 Å². The van der Waals surface area contributed by atoms with Gasteiger partial charge in [-0.1, -0.05) is 48.5 Å². The van der Waals surface area contributed by atoms with E-state index in [1.807, 2.05) is 35.2 Å². The number of hydrogen-bond donors (Lipinski definition) is 1. The molecule has 0 bridgehead atoms. The fraction of sp³-hybridized carbons (Fsp3) is 0.269. The first-order chi connectivity index (χ1) is 15.3. The fourth-order valence-corrected chi connectivity index (χ4v) is 4.72. The number of amides is 1. The minimum absolute atomic E-state index is 0.0380. The second kappa shape index (κ2) is 8.72. The molecule has 1 aliphatic rings. The molecule has 2 aromatic heterocycles. The van der Waals surface area contributed by atoms with Crippen molar-refractivity contribution in [2.24, 2.45) is 0 Å². The van der Waals surface area contributed by atoms with Gasteiger partial charge in [0.15, 0.2) is 0 Å². The number of fused-ring (bicyclic) bond motifs is 1. The first-order valence-electron chi connectivity index (χ1n) is 11.0. The maximum absolute atomic E-state index is 13.6. The van der Waals surface area contributed by atoms with E-state index in [4.69, 9.17) is 0 Å². The van der Waals surface area contributed by atoms with Crippen molar-refractivity contribution in [1.82, 2.24) is 19.9 Å². The molecular weight excluding hydrogens is 384 g/mol. The van der Waals surface area contributed by atoms with E-state index in [1.165, 1.54) is 5.56 Å². The maximum atomic E-state index is 13.6. The number of H-pyrrole nitrogens is 1. The summed E-state index contributed by atoms with van der Waals surface area (Å²) in [6, 6.07) is 20.8. The van der Waals surface area contributed by atoms with Gasteiger partial charge in [0.2, 0.25) is 0 Å². The van der Waals surface area contributed by atoms with Gasteiger partial charge < -0.3 is 9.88 Å². The Hall–Kier alpha value is -3.47. The average molecular weight is 411 g/mol. The van der Waals surface area contributed by atoms with E-state index >= 15 is 0 Å². The highest BCUT2D eigenvalue weighted by Gasteiger charge is 2.30. The van der Waals surface area contributed by atoms with Crippen molar-refractivity contribution < 1.29 is 4.79 Å². The van der Waals surface area contributed by atoms with E-state index in [1.54, 1.807) is 18.7 Å². The lowest BCUT2D eigenvalue weighted by molar-refractivity contribution is 0.0602. The number of aromatic amines is 1. The average Bonchev–Trinajstić information content (AvgIpc) is 3.36. The highest BCUT2D eigenvalue weighted by Crippen LogP contribution is 2.35. The zero-order valence-corrected chi connectivity index (χ0v) is 17.4. The molecule has 5 nitrogen and oxygen atoms in total. The Labute approximate surface area is 182 Å². The van der Waals surface area contributed by atoms with E-state index in [0.29, 0.717) is 18.0 Å². The summed E-state index contributed by atoms with van der Waals surface area (Å²) in [5.41, 5.74) is 3.91. The summed E-state index contributed by atoms with van der Waals surface area (Å²) in [6.07, 6.45) is 9.37. The van der Waals surface area contributed by atoms with Gasteiger partial charge in [-0.05, 0) is 49.3 Å². The molecule has 0 atom stereocenters. The summed E-state index contributed by atoms with van der Waals surface area (Å²) in [5, 5.41) is 0.989. The van der Waals surface area contributed by atoms with Crippen LogP contribution < -0.4 is 0 Å². The van der Waals surface area contributed by atoms with Gasteiger partial charge in [0.1, 0.15) is 0 Å². The molecule has 1 aliphatic carbocycles. The number of hydrogen-bond acceptors (Lipinski definition) is 3. The van der Waals surface area contributed by atoms with Crippen LogP contribution in [0, 0.1) is 0 Å². The van der Waals surface area contributed by atoms with Gasteiger partial charge in [0.05, 0.1) is 29.6 Å². The highest BCUT2D eigenvalue weighted by molar-refractivity contribution is 5.97. The number of aromatic nitrogens is 3. The molecule has 1 fully saturated rings. The van der Waals surface area contributed by atoms with Crippen LogP contribution in [0.3, 0.4) is 0 Å². The number of benzene rings is 2. The lowest BCUT2D eigenvalue weighted by Gasteiger charge is -2.37. The molecule has 4 aromatic rings. The molecule has 0 radical (unpaired) electrons. The maximum Gasteiger partial charge on any atom is 0.256 e. The SMILES string of the molecule is O=C(c1cnc2ccccc2c1)N(Cc1cnc[nH]1)C1CCC(c2ccccc2)CC1. The Morgan fingerprint density at radius 1 is 0.968 bits per heavy atom. The predicted molar refractivity (Wildman–Crippen MR) is 122 cm³/mol. The third kappa shape index (κ3) is 4.22. The zero-order valence-electron chi connectivity index (χ0n) is 17.4. The van der Waals surface area contributed by atoms with Crippen molar-refractivity contribution in [3.05, 3.63) is 96.2 Å². The molecular formula is C26H26N4O. The molecule has 5 rings (SSSR count). The molecule has 1 saturated carbocycles. The second-order valence-corrected chi connectivity index (χ2v) is 8.34. The highest BCUT2D eigenvalue weighted by atomic mass is 16.2. The molecule has 31 heavy (non-hydrogen) atoms. The molecule has 0 spiro atoms. The van der Waals surface area contributed by atoms with Gasteiger partial charge in [-0.25, -0.2) is 4.98 Å². The number of nitrogens with one attached hydrogen (secondary N) is 1. The van der Waals surface area contributed by atoms with Gasteiger partial charge in [-0.2, -0.15) is 0 Å². The quantitative estimate of drug-likeness (QED) is 0.484. The second-order valence-electron chi connectivity index (χ2n) is 8.34. The Balaban J connectivity index is 1.38. The number of carbonyl (C=O) groups excluding carboxylic acids is 1. The molecule has 1 amide bonds. The number of imidazole rings is 1. The van der Waals surface area contributed by atoms with Crippen LogP contribution in [0.5, 0.6) is 0 Å². The van der Waals surface area contributed by atoms with Crippen LogP contribution in [0.2, 0.25) is 0 Å². The number of nitrogens with zero attached hydrogens (tertiary/aromatic N) is 3. The largest absolute Gasteiger partial charge is 0.347 e. The van der Waals surface area contributed by atoms with Gasteiger partial charge in [0, 0.05) is 23.8 Å². The molecule has 0 aliphatic heterocycles. The van der Waals surface area contributed by atoms with Crippen LogP contribution in [-0.2, 0) is 6.54 Å². The molecule has 156 valence electrons. The molecule has 5 heteroatoms. The Morgan fingerprint density at radius 3 is 2.52 bits per heavy atom. The van der Waals surface area contributed by atoms with Crippen LogP contribution >= 0.6 is 0 Å². The Bertz CT molecular complexity index is 1150. The summed E-state index contributed by atoms with van der Waals surface area (Å²) in [5.74, 6) is 0.611. The van der Waals surface area contributed by atoms with Crippen molar-refractivity contribution in [3.8, 4) is 0 Å². The Kier molecular flexibility index (Phi) is 5.48. The van der Waals surface area contributed by atoms with Crippen molar-refractivity contribution >= 4 is 16.8 Å². The van der Waals surface area contributed by atoms with Crippen molar-refractivity contribution in [2.45, 2.75) is 44.2 Å². The number of carbonyl (C=O) groups is 1. The number of rotatable bonds is 5. The van der Waals surface area contributed by atoms with Crippen LogP contribution in [0.15, 0.2) is 79.4 Å². The van der Waals surface area contributed by atoms with Crippen molar-refractivity contribution in [2.75, 3.05) is 0 Å². The third-order valence-corrected chi connectivity index (χ3v) is 6.40. The lowest BCUT2D eigenvalue weighted by Crippen LogP contribution is -2.41. The van der Waals surface area contributed by atoms with E-state index in [9.17, 15) is 4.79 Å². The number of pyridine rings is 1. The van der Waals surface area contributed by atoms with Gasteiger partial charge in [-0.3, -0.25) is 9.78 Å². The summed E-state index contributed by atoms with van der Waals surface area (Å²) in [7, 11) is 0. The van der Waals surface area contributed by atoms with Gasteiger partial charge in [-0.15, -0.1) is 0 Å². The minimum Gasteiger partial charge on any atom is -0.347 e. The predicted octanol–water partition coefficient (Wildman–Crippen LogP) is 5.33. The lowest BCUT2D eigenvalue weighted by atomic mass is 9.81. The normalized spacial score (nSPS) is 18.7. The molecule has 0 saturated heterocycles. The van der Waals surface area contributed by atoms with Crippen molar-refractivity contribution in [1.29, 1.82) is 0 Å². The summed E-state index contributed by atoms with van der Waals surface area (Å²) < 4.78 is 0. The van der Waals surface area contributed by atoms with Crippen LogP contribution in [0.25, 0.3) is 10.9 Å². The van der Waals surface area contributed by atoms with Crippen LogP contribution in [-0.4, -0.2) is 31.8 Å². The first kappa shape index (κ1) is 19.5. The molecule has 2 aromatic carbocycles. The standard InChI is InChI=1S/C26H26N4O/c31-26(22-14-21-8-4-5-9-25(21)28-15-22)30(17-23-16-27-18-29-23)24-12-10-20(11-13-24)19-6-2-1-3-7-19/h1-9,14-16,18,20,24H,10-13,17H2,(H,27,29). The minimum atomic E-state index is 0.0380. The summed E-state index contributed by atoms with van der Waals surface area (Å²) >= 11 is 0. The Morgan fingerprint density at radius 2 is 1.74 bits per heavy atom. The monoisotopic (exact) mass is 410 g/mol. The summed E-state index contributed by atoms with van der Waals surface area (Å²) in [6.45, 7) is 0.534. The van der Waals surface area contributed by atoms with Crippen LogP contribution in [0.4, 0.5) is 0 Å². The smallest absolute Gasteiger partial charge is 0.256 e. The van der Waals surface area contributed by atoms with E-state index in [-0.39, 0.29) is 11.9 Å². The molecule has 0 unspecified atom stereocenters. The fourth-order valence-electron chi connectivity index (χ4n) is 4.72. The van der Waals surface area contributed by atoms with E-state index in [2.05, 4.69) is 45.3 Å².